The van der Waals surface area contributed by atoms with Crippen molar-refractivity contribution in [3.05, 3.63) is 0 Å². The largest absolute Gasteiger partial charge is 0.480 e. The molecule has 0 rings (SSSR count). The second kappa shape index (κ2) is 19.8. The molecule has 0 aliphatic rings. The lowest BCUT2D eigenvalue weighted by Crippen LogP contribution is -2.60. The summed E-state index contributed by atoms with van der Waals surface area (Å²) in [4.78, 5) is 76.2. The molecular weight excluding hydrogens is 562 g/mol. The third-order valence-corrected chi connectivity index (χ3v) is 7.14. The summed E-state index contributed by atoms with van der Waals surface area (Å²) in [6, 6.07) is -6.68. The maximum atomic E-state index is 13.4. The van der Waals surface area contributed by atoms with Crippen molar-refractivity contribution in [1.29, 1.82) is 0 Å². The van der Waals surface area contributed by atoms with Gasteiger partial charge in [0.15, 0.2) is 0 Å². The molecule has 0 aromatic heterocycles. The van der Waals surface area contributed by atoms with Crippen LogP contribution in [0.3, 0.4) is 0 Å². The minimum atomic E-state index is -1.22. The van der Waals surface area contributed by atoms with Crippen LogP contribution in [0.2, 0.25) is 0 Å². The van der Waals surface area contributed by atoms with Crippen LogP contribution in [-0.4, -0.2) is 95.1 Å². The number of nitrogens with two attached hydrogens (primary N) is 2. The quantitative estimate of drug-likeness (QED) is 0.0703. The molecule has 0 aliphatic carbocycles. The second-order valence-corrected chi connectivity index (χ2v) is 11.5. The fraction of sp³-hybridized carbons (Fsp3) is 0.786. The number of aliphatic hydroxyl groups excluding tert-OH is 1. The normalized spacial score (nSPS) is 16.2. The molecule has 15 nitrogen and oxygen atoms in total. The molecule has 0 saturated carbocycles. The lowest BCUT2D eigenvalue weighted by molar-refractivity contribution is -0.143. The zero-order valence-corrected chi connectivity index (χ0v) is 26.4. The van der Waals surface area contributed by atoms with Gasteiger partial charge in [-0.1, -0.05) is 48.0 Å². The molecule has 0 unspecified atom stereocenters. The van der Waals surface area contributed by atoms with Gasteiger partial charge >= 0.3 is 5.97 Å². The predicted octanol–water partition coefficient (Wildman–Crippen LogP) is -1.68. The first kappa shape index (κ1) is 39.7. The van der Waals surface area contributed by atoms with Crippen molar-refractivity contribution in [3.63, 3.8) is 0 Å². The van der Waals surface area contributed by atoms with Gasteiger partial charge in [-0.15, -0.1) is 0 Å². The minimum absolute atomic E-state index is 0.198. The number of rotatable bonds is 20. The van der Waals surface area contributed by atoms with Gasteiger partial charge in [-0.3, -0.25) is 24.0 Å². The van der Waals surface area contributed by atoms with E-state index in [1.54, 1.807) is 34.6 Å². The van der Waals surface area contributed by atoms with E-state index in [0.717, 1.165) is 0 Å². The zero-order chi connectivity index (χ0) is 33.4. The van der Waals surface area contributed by atoms with E-state index in [9.17, 15) is 39.0 Å². The van der Waals surface area contributed by atoms with Crippen molar-refractivity contribution in [1.82, 2.24) is 26.6 Å². The number of hydrogen-bond acceptors (Lipinski definition) is 9. The third-order valence-electron chi connectivity index (χ3n) is 7.14. The van der Waals surface area contributed by atoms with E-state index in [1.807, 2.05) is 6.92 Å². The van der Waals surface area contributed by atoms with Crippen molar-refractivity contribution in [2.45, 2.75) is 110 Å². The van der Waals surface area contributed by atoms with Crippen molar-refractivity contribution in [2.24, 2.45) is 29.2 Å². The van der Waals surface area contributed by atoms with Gasteiger partial charge in [0.25, 0.3) is 0 Å². The molecule has 0 aromatic rings. The topological polar surface area (TPSA) is 255 Å². The van der Waals surface area contributed by atoms with Crippen LogP contribution in [0.5, 0.6) is 0 Å². The summed E-state index contributed by atoms with van der Waals surface area (Å²) >= 11 is 0. The molecule has 0 spiro atoms. The smallest absolute Gasteiger partial charge is 0.326 e. The summed E-state index contributed by atoms with van der Waals surface area (Å²) < 4.78 is 0. The first-order chi connectivity index (χ1) is 20.0. The predicted molar refractivity (Wildman–Crippen MR) is 160 cm³/mol. The molecule has 0 radical (unpaired) electrons. The number of carboxylic acids is 1. The average molecular weight is 616 g/mol. The SMILES string of the molecule is CC[C@H](C)[C@H](NC(=O)[C@@H](N)CO)C(=O)N[C@@H](CCCCN)C(=O)N[C@H](C(=O)N[C@@H](C)C(=O)N[C@H](C(=O)O)C(C)C)C(C)C. The molecule has 248 valence electrons. The van der Waals surface area contributed by atoms with Gasteiger partial charge in [0.2, 0.25) is 29.5 Å². The highest BCUT2D eigenvalue weighted by Gasteiger charge is 2.34. The number of aliphatic carboxylic acids is 1. The number of nitrogens with one attached hydrogen (secondary N) is 5. The van der Waals surface area contributed by atoms with E-state index in [2.05, 4.69) is 26.6 Å². The number of amides is 5. The Labute approximate surface area is 254 Å². The maximum absolute atomic E-state index is 13.4. The molecule has 0 aliphatic heterocycles. The third kappa shape index (κ3) is 13.7. The monoisotopic (exact) mass is 615 g/mol. The van der Waals surface area contributed by atoms with Gasteiger partial charge in [0.1, 0.15) is 36.3 Å². The van der Waals surface area contributed by atoms with Crippen molar-refractivity contribution < 1.29 is 39.0 Å². The fourth-order valence-corrected chi connectivity index (χ4v) is 4.02. The molecule has 0 saturated heterocycles. The van der Waals surface area contributed by atoms with Crippen LogP contribution in [-0.2, 0) is 28.8 Å². The Morgan fingerprint density at radius 3 is 1.65 bits per heavy atom. The zero-order valence-electron chi connectivity index (χ0n) is 26.4. The molecule has 0 fully saturated rings. The molecule has 0 heterocycles. The summed E-state index contributed by atoms with van der Waals surface area (Å²) in [6.45, 7) is 11.4. The molecular formula is C28H53N7O8. The van der Waals surface area contributed by atoms with E-state index >= 15 is 0 Å². The first-order valence-corrected chi connectivity index (χ1v) is 14.8. The highest BCUT2D eigenvalue weighted by molar-refractivity contribution is 5.96. The Balaban J connectivity index is 5.79. The summed E-state index contributed by atoms with van der Waals surface area (Å²) in [5, 5.41) is 31.3. The molecule has 15 heteroatoms. The van der Waals surface area contributed by atoms with Crippen LogP contribution in [0.4, 0.5) is 0 Å². The van der Waals surface area contributed by atoms with Crippen LogP contribution in [0.15, 0.2) is 0 Å². The molecule has 11 N–H and O–H groups in total. The summed E-state index contributed by atoms with van der Waals surface area (Å²) in [5.74, 6) is -5.72. The number of carboxylic acid groups (broad SMARTS) is 1. The van der Waals surface area contributed by atoms with E-state index in [0.29, 0.717) is 25.8 Å². The van der Waals surface area contributed by atoms with Crippen LogP contribution in [0, 0.1) is 17.8 Å². The van der Waals surface area contributed by atoms with Gasteiger partial charge in [-0.25, -0.2) is 4.79 Å². The molecule has 7 atom stereocenters. The Morgan fingerprint density at radius 1 is 0.674 bits per heavy atom. The highest BCUT2D eigenvalue weighted by atomic mass is 16.4. The Morgan fingerprint density at radius 2 is 1.19 bits per heavy atom. The highest BCUT2D eigenvalue weighted by Crippen LogP contribution is 2.11. The van der Waals surface area contributed by atoms with Crippen molar-refractivity contribution in [3.8, 4) is 0 Å². The van der Waals surface area contributed by atoms with Gasteiger partial charge in [-0.05, 0) is 50.5 Å². The Kier molecular flexibility index (Phi) is 18.3. The van der Waals surface area contributed by atoms with Crippen LogP contribution in [0.25, 0.3) is 0 Å². The number of hydrogen-bond donors (Lipinski definition) is 9. The summed E-state index contributed by atoms with van der Waals surface area (Å²) in [7, 11) is 0. The number of aliphatic hydroxyl groups is 1. The molecule has 5 amide bonds. The van der Waals surface area contributed by atoms with Gasteiger partial charge in [-0.2, -0.15) is 0 Å². The van der Waals surface area contributed by atoms with E-state index in [-0.39, 0.29) is 12.3 Å². The Bertz CT molecular complexity index is 946. The van der Waals surface area contributed by atoms with Gasteiger partial charge in [0.05, 0.1) is 6.61 Å². The Hall–Kier alpha value is -3.30. The lowest BCUT2D eigenvalue weighted by atomic mass is 9.96. The van der Waals surface area contributed by atoms with E-state index in [1.165, 1.54) is 6.92 Å². The van der Waals surface area contributed by atoms with Gasteiger partial charge in [0, 0.05) is 0 Å². The second-order valence-electron chi connectivity index (χ2n) is 11.5. The minimum Gasteiger partial charge on any atom is -0.480 e. The van der Waals surface area contributed by atoms with Crippen LogP contribution in [0.1, 0.15) is 74.1 Å². The fourth-order valence-electron chi connectivity index (χ4n) is 4.02. The van der Waals surface area contributed by atoms with Crippen molar-refractivity contribution in [2.75, 3.05) is 13.2 Å². The first-order valence-electron chi connectivity index (χ1n) is 14.8. The molecule has 43 heavy (non-hydrogen) atoms. The average Bonchev–Trinajstić information content (AvgIpc) is 2.94. The summed E-state index contributed by atoms with van der Waals surface area (Å²) in [6.07, 6.45) is 1.78. The maximum Gasteiger partial charge on any atom is 0.326 e. The standard InChI is InChI=1S/C28H53N7O8/c1-8-16(6)22(35-24(38)18(30)13-36)27(41)32-19(11-9-10-12-29)25(39)33-20(14(2)3)26(40)31-17(7)23(37)34-21(15(4)5)28(42)43/h14-22,36H,8-13,29-30H2,1-7H3,(H,31,40)(H,32,41)(H,33,39)(H,34,37)(H,35,38)(H,42,43)/t16-,17-,18-,19-,20-,21-,22-/m0/s1. The summed E-state index contributed by atoms with van der Waals surface area (Å²) in [5.41, 5.74) is 11.2. The number of unbranched alkanes of at least 4 members (excludes halogenated alkanes) is 1. The van der Waals surface area contributed by atoms with Gasteiger partial charge < -0.3 is 48.3 Å². The van der Waals surface area contributed by atoms with Crippen LogP contribution >= 0.6 is 0 Å². The number of carbonyl (C=O) groups excluding carboxylic acids is 5. The molecule has 0 aromatic carbocycles. The van der Waals surface area contributed by atoms with E-state index in [4.69, 9.17) is 11.5 Å². The van der Waals surface area contributed by atoms with Crippen LogP contribution < -0.4 is 38.1 Å². The molecule has 0 bridgehead atoms. The lowest BCUT2D eigenvalue weighted by Gasteiger charge is -2.29. The van der Waals surface area contributed by atoms with E-state index < -0.39 is 90.2 Å². The van der Waals surface area contributed by atoms with Crippen molar-refractivity contribution >= 4 is 35.5 Å². The number of carbonyl (C=O) groups is 6.